The Kier molecular flexibility index (Phi) is 5.57. The topological polar surface area (TPSA) is 70.6 Å². The third-order valence-electron chi connectivity index (χ3n) is 7.14. The van der Waals surface area contributed by atoms with E-state index < -0.39 is 0 Å². The Morgan fingerprint density at radius 2 is 1.60 bits per heavy atom. The van der Waals surface area contributed by atoms with E-state index in [1.807, 2.05) is 47.4 Å². The zero-order valence-electron chi connectivity index (χ0n) is 19.3. The molecule has 35 heavy (non-hydrogen) atoms. The molecule has 3 aromatic carbocycles. The Balaban J connectivity index is 1.05. The summed E-state index contributed by atoms with van der Waals surface area (Å²) in [5.41, 5.74) is 2.16. The van der Waals surface area contributed by atoms with Crippen LogP contribution in [0, 0.1) is 0 Å². The van der Waals surface area contributed by atoms with Crippen LogP contribution in [0.2, 0.25) is 0 Å². The molecule has 1 fully saturated rings. The van der Waals surface area contributed by atoms with Crippen molar-refractivity contribution < 1.29 is 14.4 Å². The van der Waals surface area contributed by atoms with Gasteiger partial charge in [-0.15, -0.1) is 11.3 Å². The number of carbonyl (C=O) groups excluding carboxylic acids is 3. The smallest absolute Gasteiger partial charge is 0.261 e. The van der Waals surface area contributed by atoms with Gasteiger partial charge in [0.25, 0.3) is 11.8 Å². The number of para-hydroxylation sites is 1. The normalized spacial score (nSPS) is 16.5. The number of hydrogen-bond donors (Lipinski definition) is 0. The largest absolute Gasteiger partial charge is 0.343 e. The molecule has 0 N–H and O–H groups in total. The van der Waals surface area contributed by atoms with Crippen LogP contribution in [0.3, 0.4) is 0 Å². The molecular formula is C28H25N3O3S. The van der Waals surface area contributed by atoms with E-state index in [2.05, 4.69) is 6.07 Å². The summed E-state index contributed by atoms with van der Waals surface area (Å²) in [4.78, 5) is 46.9. The summed E-state index contributed by atoms with van der Waals surface area (Å²) in [5.74, 6) is -0.0678. The van der Waals surface area contributed by atoms with Crippen LogP contribution in [0.5, 0.6) is 0 Å². The SMILES string of the molecule is O=C(CCCN1C(=O)c2cccc3cccc(c23)C1=O)N1CCC(c2nc3ccccc3s2)CC1. The maximum atomic E-state index is 13.0. The van der Waals surface area contributed by atoms with Gasteiger partial charge in [-0.1, -0.05) is 36.4 Å². The second-order valence-corrected chi connectivity index (χ2v) is 10.3. The molecule has 0 saturated carbocycles. The Morgan fingerprint density at radius 1 is 0.914 bits per heavy atom. The first kappa shape index (κ1) is 21.9. The fourth-order valence-electron chi connectivity index (χ4n) is 5.27. The summed E-state index contributed by atoms with van der Waals surface area (Å²) in [6, 6.07) is 19.3. The van der Waals surface area contributed by atoms with Gasteiger partial charge in [0.15, 0.2) is 0 Å². The molecule has 0 bridgehead atoms. The number of aromatic nitrogens is 1. The van der Waals surface area contributed by atoms with Gasteiger partial charge in [-0.2, -0.15) is 0 Å². The van der Waals surface area contributed by atoms with Crippen LogP contribution in [0.15, 0.2) is 60.7 Å². The van der Waals surface area contributed by atoms with Crippen LogP contribution in [-0.4, -0.2) is 52.1 Å². The number of benzene rings is 3. The third kappa shape index (κ3) is 3.90. The molecule has 7 heteroatoms. The molecule has 1 aromatic heterocycles. The lowest BCUT2D eigenvalue weighted by Gasteiger charge is -2.31. The number of amides is 3. The molecule has 1 saturated heterocycles. The van der Waals surface area contributed by atoms with E-state index in [0.29, 0.717) is 29.9 Å². The second-order valence-electron chi connectivity index (χ2n) is 9.25. The van der Waals surface area contributed by atoms with E-state index >= 15 is 0 Å². The number of hydrogen-bond acceptors (Lipinski definition) is 5. The molecule has 0 radical (unpaired) electrons. The molecule has 176 valence electrons. The van der Waals surface area contributed by atoms with Crippen LogP contribution in [0.1, 0.15) is 57.3 Å². The van der Waals surface area contributed by atoms with Crippen LogP contribution in [0.25, 0.3) is 21.0 Å². The van der Waals surface area contributed by atoms with Gasteiger partial charge in [0, 0.05) is 48.5 Å². The van der Waals surface area contributed by atoms with Gasteiger partial charge in [0.05, 0.1) is 15.2 Å². The van der Waals surface area contributed by atoms with E-state index in [1.165, 1.54) is 9.60 Å². The minimum atomic E-state index is -0.275. The van der Waals surface area contributed by atoms with Crippen molar-refractivity contribution in [2.75, 3.05) is 19.6 Å². The van der Waals surface area contributed by atoms with E-state index in [9.17, 15) is 14.4 Å². The predicted molar refractivity (Wildman–Crippen MR) is 137 cm³/mol. The van der Waals surface area contributed by atoms with Gasteiger partial charge in [0.1, 0.15) is 0 Å². The quantitative estimate of drug-likeness (QED) is 0.365. The molecule has 0 unspecified atom stereocenters. The summed E-state index contributed by atoms with van der Waals surface area (Å²) >= 11 is 1.75. The Bertz CT molecular complexity index is 1390. The molecule has 0 atom stereocenters. The third-order valence-corrected chi connectivity index (χ3v) is 8.33. The average Bonchev–Trinajstić information content (AvgIpc) is 3.33. The van der Waals surface area contributed by atoms with Crippen molar-refractivity contribution in [2.45, 2.75) is 31.6 Å². The molecule has 2 aliphatic rings. The van der Waals surface area contributed by atoms with Crippen LogP contribution >= 0.6 is 11.3 Å². The van der Waals surface area contributed by atoms with Crippen molar-refractivity contribution in [2.24, 2.45) is 0 Å². The van der Waals surface area contributed by atoms with Gasteiger partial charge in [0.2, 0.25) is 5.91 Å². The summed E-state index contributed by atoms with van der Waals surface area (Å²) in [5, 5.41) is 2.79. The lowest BCUT2D eigenvalue weighted by atomic mass is 9.94. The van der Waals surface area contributed by atoms with Gasteiger partial charge in [-0.25, -0.2) is 4.98 Å². The molecule has 0 spiro atoms. The number of fused-ring (bicyclic) bond motifs is 1. The summed E-state index contributed by atoms with van der Waals surface area (Å²) in [7, 11) is 0. The standard InChI is InChI=1S/C28H25N3O3S/c32-24(30-16-13-19(14-17-30)26-29-22-10-1-2-11-23(22)35-26)12-5-15-31-27(33)20-8-3-6-18-7-4-9-21(25(18)20)28(31)34/h1-4,6-11,19H,5,12-17H2. The lowest BCUT2D eigenvalue weighted by molar-refractivity contribution is -0.132. The number of carbonyl (C=O) groups is 3. The molecule has 6 rings (SSSR count). The number of imide groups is 1. The lowest BCUT2D eigenvalue weighted by Crippen LogP contribution is -2.42. The van der Waals surface area contributed by atoms with Crippen molar-refractivity contribution >= 4 is 50.0 Å². The van der Waals surface area contributed by atoms with Crippen molar-refractivity contribution in [3.63, 3.8) is 0 Å². The van der Waals surface area contributed by atoms with Gasteiger partial charge < -0.3 is 4.90 Å². The molecule has 2 aliphatic heterocycles. The minimum Gasteiger partial charge on any atom is -0.343 e. The van der Waals surface area contributed by atoms with E-state index in [1.54, 1.807) is 23.5 Å². The second kappa shape index (κ2) is 8.89. The average molecular weight is 484 g/mol. The van der Waals surface area contributed by atoms with Crippen LogP contribution in [-0.2, 0) is 4.79 Å². The number of likely N-dealkylation sites (tertiary alicyclic amines) is 1. The van der Waals surface area contributed by atoms with E-state index in [0.717, 1.165) is 47.2 Å². The molecular weight excluding hydrogens is 458 g/mol. The number of nitrogens with zero attached hydrogens (tertiary/aromatic N) is 3. The molecule has 3 heterocycles. The highest BCUT2D eigenvalue weighted by molar-refractivity contribution is 7.18. The highest BCUT2D eigenvalue weighted by Gasteiger charge is 2.32. The summed E-state index contributed by atoms with van der Waals surface area (Å²) in [6.45, 7) is 1.68. The van der Waals surface area contributed by atoms with Crippen molar-refractivity contribution in [1.82, 2.24) is 14.8 Å². The first-order valence-corrected chi connectivity index (χ1v) is 12.9. The highest BCUT2D eigenvalue weighted by Crippen LogP contribution is 2.34. The maximum Gasteiger partial charge on any atom is 0.261 e. The van der Waals surface area contributed by atoms with Gasteiger partial charge >= 0.3 is 0 Å². The number of rotatable bonds is 5. The first-order valence-electron chi connectivity index (χ1n) is 12.1. The van der Waals surface area contributed by atoms with Crippen LogP contribution in [0.4, 0.5) is 0 Å². The fourth-order valence-corrected chi connectivity index (χ4v) is 6.41. The van der Waals surface area contributed by atoms with Crippen molar-refractivity contribution in [1.29, 1.82) is 0 Å². The zero-order valence-corrected chi connectivity index (χ0v) is 20.1. The van der Waals surface area contributed by atoms with E-state index in [4.69, 9.17) is 4.98 Å². The minimum absolute atomic E-state index is 0.0900. The van der Waals surface area contributed by atoms with Crippen molar-refractivity contribution in [3.05, 3.63) is 76.8 Å². The highest BCUT2D eigenvalue weighted by atomic mass is 32.1. The van der Waals surface area contributed by atoms with E-state index in [-0.39, 0.29) is 24.3 Å². The predicted octanol–water partition coefficient (Wildman–Crippen LogP) is 5.23. The Morgan fingerprint density at radius 3 is 2.29 bits per heavy atom. The molecule has 6 nitrogen and oxygen atoms in total. The molecule has 4 aromatic rings. The summed E-state index contributed by atoms with van der Waals surface area (Å²) < 4.78 is 1.21. The Labute approximate surface area is 207 Å². The summed E-state index contributed by atoms with van der Waals surface area (Å²) in [6.07, 6.45) is 2.62. The number of piperidine rings is 1. The van der Waals surface area contributed by atoms with Crippen molar-refractivity contribution in [3.8, 4) is 0 Å². The van der Waals surface area contributed by atoms with Gasteiger partial charge in [-0.3, -0.25) is 19.3 Å². The zero-order chi connectivity index (χ0) is 23.9. The fraction of sp³-hybridized carbons (Fsp3) is 0.286. The molecule has 0 aliphatic carbocycles. The molecule has 3 amide bonds. The monoisotopic (exact) mass is 483 g/mol. The number of thiazole rings is 1. The van der Waals surface area contributed by atoms with Gasteiger partial charge in [-0.05, 0) is 48.9 Å². The Hall–Kier alpha value is -3.58. The van der Waals surface area contributed by atoms with Crippen LogP contribution < -0.4 is 0 Å². The first-order chi connectivity index (χ1) is 17.1. The maximum absolute atomic E-state index is 13.0.